The summed E-state index contributed by atoms with van der Waals surface area (Å²) in [5, 5.41) is 9.22. The molecule has 0 atom stereocenters. The van der Waals surface area contributed by atoms with Crippen LogP contribution in [0.4, 0.5) is 5.69 Å². The molecule has 122 valence electrons. The van der Waals surface area contributed by atoms with Gasteiger partial charge < -0.3 is 15.6 Å². The van der Waals surface area contributed by atoms with E-state index in [0.29, 0.717) is 17.2 Å². The Morgan fingerprint density at radius 1 is 1.22 bits per heavy atom. The molecule has 4 nitrogen and oxygen atoms in total. The summed E-state index contributed by atoms with van der Waals surface area (Å²) in [6, 6.07) is 12.4. The van der Waals surface area contributed by atoms with Gasteiger partial charge in [-0.3, -0.25) is 0 Å². The number of rotatable bonds is 8. The van der Waals surface area contributed by atoms with Crippen molar-refractivity contribution in [1.29, 1.82) is 0 Å². The van der Waals surface area contributed by atoms with Gasteiger partial charge in [0.2, 0.25) is 0 Å². The van der Waals surface area contributed by atoms with Crippen molar-refractivity contribution >= 4 is 23.4 Å². The van der Waals surface area contributed by atoms with Crippen molar-refractivity contribution in [3.05, 3.63) is 48.0 Å². The highest BCUT2D eigenvalue weighted by Crippen LogP contribution is 2.39. The van der Waals surface area contributed by atoms with Gasteiger partial charge in [0.1, 0.15) is 5.75 Å². The van der Waals surface area contributed by atoms with Gasteiger partial charge in [0.05, 0.1) is 16.1 Å². The van der Waals surface area contributed by atoms with Crippen LogP contribution >= 0.6 is 11.8 Å². The molecule has 5 heteroatoms. The van der Waals surface area contributed by atoms with Crippen LogP contribution < -0.4 is 10.5 Å². The summed E-state index contributed by atoms with van der Waals surface area (Å²) in [5.41, 5.74) is 6.56. The van der Waals surface area contributed by atoms with Crippen molar-refractivity contribution in [3.8, 4) is 11.5 Å². The Balaban J connectivity index is 2.28. The van der Waals surface area contributed by atoms with Crippen LogP contribution in [0.25, 0.3) is 0 Å². The number of unbranched alkanes of at least 4 members (excludes halogenated alkanes) is 2. The molecule has 0 bridgehead atoms. The van der Waals surface area contributed by atoms with Gasteiger partial charge in [-0.15, -0.1) is 11.8 Å². The van der Waals surface area contributed by atoms with E-state index in [9.17, 15) is 9.90 Å². The van der Waals surface area contributed by atoms with Crippen molar-refractivity contribution in [2.45, 2.75) is 31.1 Å². The molecule has 0 heterocycles. The van der Waals surface area contributed by atoms with E-state index in [2.05, 4.69) is 6.92 Å². The average molecular weight is 331 g/mol. The van der Waals surface area contributed by atoms with E-state index in [1.54, 1.807) is 17.8 Å². The number of para-hydroxylation sites is 1. The molecule has 0 amide bonds. The van der Waals surface area contributed by atoms with Gasteiger partial charge in [-0.2, -0.15) is 0 Å². The topological polar surface area (TPSA) is 72.5 Å². The molecular formula is C18H21NO3S. The Kier molecular flexibility index (Phi) is 6.35. The molecule has 0 saturated carbocycles. The number of nitrogens with two attached hydrogens (primary N) is 1. The van der Waals surface area contributed by atoms with Crippen LogP contribution in [0.2, 0.25) is 0 Å². The Bertz CT molecular complexity index is 659. The third-order valence-corrected chi connectivity index (χ3v) is 4.41. The first-order chi connectivity index (χ1) is 11.1. The summed E-state index contributed by atoms with van der Waals surface area (Å²) in [6.07, 6.45) is 3.37. The first-order valence-corrected chi connectivity index (χ1v) is 8.63. The van der Waals surface area contributed by atoms with E-state index in [-0.39, 0.29) is 5.56 Å². The maximum atomic E-state index is 11.2. The maximum absolute atomic E-state index is 11.2. The van der Waals surface area contributed by atoms with Crippen molar-refractivity contribution < 1.29 is 14.6 Å². The first-order valence-electron chi connectivity index (χ1n) is 7.64. The fourth-order valence-corrected chi connectivity index (χ4v) is 3.17. The Morgan fingerprint density at radius 2 is 1.96 bits per heavy atom. The number of hydrogen-bond acceptors (Lipinski definition) is 4. The second-order valence-corrected chi connectivity index (χ2v) is 6.31. The smallest absolute Gasteiger partial charge is 0.335 e. The standard InChI is InChI=1S/C18H21NO3S/c1-2-3-7-10-23-16-12-13(18(20)21)11-15(19)17(16)22-14-8-5-4-6-9-14/h4-6,8-9,11-12H,2-3,7,10,19H2,1H3,(H,20,21). The molecule has 2 aromatic rings. The molecule has 3 N–H and O–H groups in total. The van der Waals surface area contributed by atoms with Crippen molar-refractivity contribution in [2.75, 3.05) is 11.5 Å². The number of carboxylic acid groups (broad SMARTS) is 1. The third kappa shape index (κ3) is 4.93. The summed E-state index contributed by atoms with van der Waals surface area (Å²) in [7, 11) is 0. The van der Waals surface area contributed by atoms with Gasteiger partial charge in [0.15, 0.2) is 5.75 Å². The van der Waals surface area contributed by atoms with Crippen molar-refractivity contribution in [2.24, 2.45) is 0 Å². The zero-order chi connectivity index (χ0) is 16.7. The van der Waals surface area contributed by atoms with Crippen LogP contribution in [0.3, 0.4) is 0 Å². The number of thioether (sulfide) groups is 1. The normalized spacial score (nSPS) is 10.5. The number of hydrogen-bond donors (Lipinski definition) is 2. The van der Waals surface area contributed by atoms with Crippen LogP contribution in [0.15, 0.2) is 47.4 Å². The number of nitrogen functional groups attached to an aromatic ring is 1. The number of aromatic carboxylic acids is 1. The monoisotopic (exact) mass is 331 g/mol. The zero-order valence-corrected chi connectivity index (χ0v) is 13.9. The van der Waals surface area contributed by atoms with E-state index in [1.165, 1.54) is 6.07 Å². The van der Waals surface area contributed by atoms with Gasteiger partial charge in [0.25, 0.3) is 0 Å². The quantitative estimate of drug-likeness (QED) is 0.403. The third-order valence-electron chi connectivity index (χ3n) is 3.30. The molecule has 23 heavy (non-hydrogen) atoms. The highest BCUT2D eigenvalue weighted by atomic mass is 32.2. The summed E-state index contributed by atoms with van der Waals surface area (Å²) in [4.78, 5) is 12.0. The lowest BCUT2D eigenvalue weighted by molar-refractivity contribution is 0.0696. The van der Waals surface area contributed by atoms with Crippen LogP contribution in [0, 0.1) is 0 Å². The van der Waals surface area contributed by atoms with Crippen molar-refractivity contribution in [1.82, 2.24) is 0 Å². The second-order valence-electron chi connectivity index (χ2n) is 5.17. The van der Waals surface area contributed by atoms with Gasteiger partial charge >= 0.3 is 5.97 Å². The average Bonchev–Trinajstić information content (AvgIpc) is 2.55. The lowest BCUT2D eigenvalue weighted by Gasteiger charge is -2.14. The Labute approximate surface area is 140 Å². The lowest BCUT2D eigenvalue weighted by atomic mass is 10.2. The zero-order valence-electron chi connectivity index (χ0n) is 13.1. The predicted octanol–water partition coefficient (Wildman–Crippen LogP) is 5.04. The second kappa shape index (κ2) is 8.48. The molecule has 0 saturated heterocycles. The van der Waals surface area contributed by atoms with Crippen LogP contribution in [-0.2, 0) is 0 Å². The molecule has 2 aromatic carbocycles. The molecule has 0 spiro atoms. The predicted molar refractivity (Wildman–Crippen MR) is 94.6 cm³/mol. The van der Waals surface area contributed by atoms with Gasteiger partial charge in [-0.1, -0.05) is 38.0 Å². The molecule has 0 aliphatic carbocycles. The summed E-state index contributed by atoms with van der Waals surface area (Å²) >= 11 is 1.58. The van der Waals surface area contributed by atoms with Crippen LogP contribution in [0.5, 0.6) is 11.5 Å². The molecule has 0 aliphatic rings. The van der Waals surface area contributed by atoms with E-state index < -0.39 is 5.97 Å². The first kappa shape index (κ1) is 17.2. The highest BCUT2D eigenvalue weighted by molar-refractivity contribution is 7.99. The van der Waals surface area contributed by atoms with E-state index in [1.807, 2.05) is 30.3 Å². The van der Waals surface area contributed by atoms with E-state index >= 15 is 0 Å². The fourth-order valence-electron chi connectivity index (χ4n) is 2.10. The maximum Gasteiger partial charge on any atom is 0.335 e. The van der Waals surface area contributed by atoms with Crippen LogP contribution in [-0.4, -0.2) is 16.8 Å². The number of carbonyl (C=O) groups is 1. The Morgan fingerprint density at radius 3 is 2.61 bits per heavy atom. The van der Waals surface area contributed by atoms with Gasteiger partial charge in [0, 0.05) is 0 Å². The van der Waals surface area contributed by atoms with E-state index in [4.69, 9.17) is 10.5 Å². The minimum Gasteiger partial charge on any atom is -0.478 e. The van der Waals surface area contributed by atoms with Gasteiger partial charge in [-0.05, 0) is 36.4 Å². The number of ether oxygens (including phenoxy) is 1. The molecule has 0 aliphatic heterocycles. The van der Waals surface area contributed by atoms with Gasteiger partial charge in [-0.25, -0.2) is 4.79 Å². The summed E-state index contributed by atoms with van der Waals surface area (Å²) < 4.78 is 5.89. The molecule has 2 rings (SSSR count). The number of carboxylic acids is 1. The largest absolute Gasteiger partial charge is 0.478 e. The minimum atomic E-state index is -0.988. The molecular weight excluding hydrogens is 310 g/mol. The fraction of sp³-hybridized carbons (Fsp3) is 0.278. The number of benzene rings is 2. The van der Waals surface area contributed by atoms with E-state index in [0.717, 1.165) is 29.9 Å². The van der Waals surface area contributed by atoms with Crippen LogP contribution in [0.1, 0.15) is 36.5 Å². The number of anilines is 1. The molecule has 0 unspecified atom stereocenters. The molecule has 0 fully saturated rings. The minimum absolute atomic E-state index is 0.181. The summed E-state index contributed by atoms with van der Waals surface area (Å²) in [6.45, 7) is 2.15. The lowest BCUT2D eigenvalue weighted by Crippen LogP contribution is -2.02. The molecule has 0 aromatic heterocycles. The molecule has 0 radical (unpaired) electrons. The SMILES string of the molecule is CCCCCSc1cc(C(=O)O)cc(N)c1Oc1ccccc1. The van der Waals surface area contributed by atoms with Crippen molar-refractivity contribution in [3.63, 3.8) is 0 Å². The highest BCUT2D eigenvalue weighted by Gasteiger charge is 2.15. The summed E-state index contributed by atoms with van der Waals surface area (Å²) in [5.74, 6) is 1.13. The Hall–Kier alpha value is -2.14.